The number of hydrogen-bond donors (Lipinski definition) is 2. The van der Waals surface area contributed by atoms with Crippen LogP contribution in [0.3, 0.4) is 0 Å². The van der Waals surface area contributed by atoms with Gasteiger partial charge < -0.3 is 15.3 Å². The highest BCUT2D eigenvalue weighted by atomic mass is 16.3. The number of amides is 2. The zero-order chi connectivity index (χ0) is 12.2. The first-order valence-corrected chi connectivity index (χ1v) is 6.13. The molecule has 94 valence electrons. The summed E-state index contributed by atoms with van der Waals surface area (Å²) in [6.07, 6.45) is 3.93. The van der Waals surface area contributed by atoms with Gasteiger partial charge in [0.15, 0.2) is 0 Å². The summed E-state index contributed by atoms with van der Waals surface area (Å²) in [4.78, 5) is 13.9. The fourth-order valence-electron chi connectivity index (χ4n) is 2.11. The number of aliphatic hydroxyl groups excluding tert-OH is 1. The maximum absolute atomic E-state index is 12.0. The summed E-state index contributed by atoms with van der Waals surface area (Å²) in [5.74, 6) is 0. The molecule has 1 saturated heterocycles. The molecule has 4 heteroatoms. The number of aliphatic hydroxyl groups is 1. The lowest BCUT2D eigenvalue weighted by molar-refractivity contribution is 0.127. The molecule has 0 bridgehead atoms. The zero-order valence-corrected chi connectivity index (χ0v) is 10.6. The maximum atomic E-state index is 12.0. The number of carbonyl (C=O) groups excluding carboxylic acids is 1. The monoisotopic (exact) mass is 228 g/mol. The van der Waals surface area contributed by atoms with Gasteiger partial charge in [0.25, 0.3) is 0 Å². The molecular formula is C12H24N2O2. The molecule has 1 atom stereocenters. The van der Waals surface area contributed by atoms with Gasteiger partial charge in [0.2, 0.25) is 0 Å². The molecule has 0 aromatic heterocycles. The first kappa shape index (κ1) is 13.3. The van der Waals surface area contributed by atoms with Crippen molar-refractivity contribution in [3.63, 3.8) is 0 Å². The van der Waals surface area contributed by atoms with Crippen LogP contribution in [0.15, 0.2) is 0 Å². The molecule has 1 heterocycles. The summed E-state index contributed by atoms with van der Waals surface area (Å²) < 4.78 is 0. The number of likely N-dealkylation sites (tertiary alicyclic amines) is 1. The molecule has 1 fully saturated rings. The van der Waals surface area contributed by atoms with Crippen molar-refractivity contribution in [1.29, 1.82) is 0 Å². The third kappa shape index (κ3) is 4.00. The van der Waals surface area contributed by atoms with Gasteiger partial charge in [0.1, 0.15) is 0 Å². The lowest BCUT2D eigenvalue weighted by Gasteiger charge is -2.37. The van der Waals surface area contributed by atoms with Gasteiger partial charge >= 0.3 is 6.03 Å². The van der Waals surface area contributed by atoms with Crippen molar-refractivity contribution in [2.45, 2.75) is 58.0 Å². The van der Waals surface area contributed by atoms with E-state index in [2.05, 4.69) is 5.32 Å². The van der Waals surface area contributed by atoms with E-state index in [1.165, 1.54) is 0 Å². The largest absolute Gasteiger partial charge is 0.396 e. The fourth-order valence-corrected chi connectivity index (χ4v) is 2.11. The third-order valence-corrected chi connectivity index (χ3v) is 2.83. The second-order valence-corrected chi connectivity index (χ2v) is 5.54. The molecule has 1 aliphatic rings. The second-order valence-electron chi connectivity index (χ2n) is 5.54. The summed E-state index contributed by atoms with van der Waals surface area (Å²) >= 11 is 0. The predicted molar refractivity (Wildman–Crippen MR) is 64.3 cm³/mol. The molecule has 0 aromatic rings. The van der Waals surface area contributed by atoms with Crippen LogP contribution in [-0.4, -0.2) is 40.8 Å². The Bertz CT molecular complexity index is 234. The lowest BCUT2D eigenvalue weighted by Crippen LogP contribution is -2.53. The van der Waals surface area contributed by atoms with E-state index in [-0.39, 0.29) is 24.2 Å². The van der Waals surface area contributed by atoms with E-state index in [1.54, 1.807) is 0 Å². The highest BCUT2D eigenvalue weighted by Crippen LogP contribution is 2.20. The molecule has 16 heavy (non-hydrogen) atoms. The van der Waals surface area contributed by atoms with Crippen molar-refractivity contribution >= 4 is 6.03 Å². The van der Waals surface area contributed by atoms with E-state index in [0.29, 0.717) is 6.42 Å². The minimum Gasteiger partial charge on any atom is -0.396 e. The van der Waals surface area contributed by atoms with Gasteiger partial charge in [-0.15, -0.1) is 0 Å². The van der Waals surface area contributed by atoms with Crippen molar-refractivity contribution < 1.29 is 9.90 Å². The Kier molecular flexibility index (Phi) is 4.59. The van der Waals surface area contributed by atoms with E-state index < -0.39 is 0 Å². The van der Waals surface area contributed by atoms with Gasteiger partial charge in [0.05, 0.1) is 0 Å². The smallest absolute Gasteiger partial charge is 0.318 e. The molecule has 1 aliphatic heterocycles. The Morgan fingerprint density at radius 2 is 2.12 bits per heavy atom. The Balaban J connectivity index is 2.57. The fraction of sp³-hybridized carbons (Fsp3) is 0.917. The van der Waals surface area contributed by atoms with Crippen LogP contribution in [0, 0.1) is 0 Å². The van der Waals surface area contributed by atoms with Crippen LogP contribution in [0.5, 0.6) is 0 Å². The second kappa shape index (κ2) is 5.53. The molecular weight excluding hydrogens is 204 g/mol. The minimum atomic E-state index is -0.196. The maximum Gasteiger partial charge on any atom is 0.318 e. The van der Waals surface area contributed by atoms with Gasteiger partial charge in [-0.3, -0.25) is 0 Å². The van der Waals surface area contributed by atoms with Crippen LogP contribution in [0.25, 0.3) is 0 Å². The van der Waals surface area contributed by atoms with Crippen molar-refractivity contribution in [3.05, 3.63) is 0 Å². The number of nitrogens with one attached hydrogen (secondary N) is 1. The topological polar surface area (TPSA) is 52.6 Å². The van der Waals surface area contributed by atoms with Crippen molar-refractivity contribution in [1.82, 2.24) is 10.2 Å². The molecule has 0 saturated carbocycles. The van der Waals surface area contributed by atoms with Gasteiger partial charge in [-0.05, 0) is 46.5 Å². The average molecular weight is 228 g/mol. The third-order valence-electron chi connectivity index (χ3n) is 2.83. The zero-order valence-electron chi connectivity index (χ0n) is 10.6. The lowest BCUT2D eigenvalue weighted by atomic mass is 10.00. The van der Waals surface area contributed by atoms with E-state index >= 15 is 0 Å². The molecule has 0 radical (unpaired) electrons. The molecule has 1 rings (SSSR count). The summed E-state index contributed by atoms with van der Waals surface area (Å²) in [5.41, 5.74) is -0.196. The molecule has 2 N–H and O–H groups in total. The van der Waals surface area contributed by atoms with Crippen LogP contribution in [0.2, 0.25) is 0 Å². The number of rotatable bonds is 2. The Morgan fingerprint density at radius 3 is 2.69 bits per heavy atom. The summed E-state index contributed by atoms with van der Waals surface area (Å²) in [6.45, 7) is 6.91. The number of carbonyl (C=O) groups is 1. The van der Waals surface area contributed by atoms with Gasteiger partial charge in [0, 0.05) is 24.7 Å². The molecule has 0 spiro atoms. The minimum absolute atomic E-state index is 0.00523. The van der Waals surface area contributed by atoms with Crippen LogP contribution in [0.1, 0.15) is 46.5 Å². The Labute approximate surface area is 98.0 Å². The normalized spacial score (nSPS) is 22.0. The van der Waals surface area contributed by atoms with Gasteiger partial charge in [-0.2, -0.15) is 0 Å². The number of piperidine rings is 1. The van der Waals surface area contributed by atoms with Gasteiger partial charge in [-0.1, -0.05) is 0 Å². The highest BCUT2D eigenvalue weighted by molar-refractivity contribution is 5.75. The highest BCUT2D eigenvalue weighted by Gasteiger charge is 2.28. The van der Waals surface area contributed by atoms with Crippen LogP contribution >= 0.6 is 0 Å². The first-order chi connectivity index (χ1) is 7.44. The number of nitrogens with zero attached hydrogens (tertiary/aromatic N) is 1. The number of hydrogen-bond acceptors (Lipinski definition) is 2. The van der Waals surface area contributed by atoms with Gasteiger partial charge in [-0.25, -0.2) is 4.79 Å². The van der Waals surface area contributed by atoms with Crippen molar-refractivity contribution in [3.8, 4) is 0 Å². The van der Waals surface area contributed by atoms with Crippen molar-refractivity contribution in [2.75, 3.05) is 13.2 Å². The van der Waals surface area contributed by atoms with E-state index in [4.69, 9.17) is 5.11 Å². The van der Waals surface area contributed by atoms with E-state index in [9.17, 15) is 4.79 Å². The summed E-state index contributed by atoms with van der Waals surface area (Å²) in [5, 5.41) is 12.0. The Morgan fingerprint density at radius 1 is 1.44 bits per heavy atom. The quantitative estimate of drug-likeness (QED) is 0.756. The molecule has 0 aromatic carbocycles. The molecule has 2 amide bonds. The van der Waals surface area contributed by atoms with E-state index in [0.717, 1.165) is 25.8 Å². The standard InChI is InChI=1S/C12H24N2O2/c1-12(2,3)13-11(16)14-8-5-4-6-10(14)7-9-15/h10,15H,4-9H2,1-3H3,(H,13,16). The van der Waals surface area contributed by atoms with Crippen molar-refractivity contribution in [2.24, 2.45) is 0 Å². The van der Waals surface area contributed by atoms with E-state index in [1.807, 2.05) is 25.7 Å². The molecule has 0 aliphatic carbocycles. The van der Waals surface area contributed by atoms with Crippen LogP contribution < -0.4 is 5.32 Å². The summed E-state index contributed by atoms with van der Waals surface area (Å²) in [6, 6.07) is 0.215. The van der Waals surface area contributed by atoms with Crippen LogP contribution in [0.4, 0.5) is 4.79 Å². The average Bonchev–Trinajstić information content (AvgIpc) is 2.16. The predicted octanol–water partition coefficient (Wildman–Crippen LogP) is 1.73. The SMILES string of the molecule is CC(C)(C)NC(=O)N1CCCCC1CCO. The summed E-state index contributed by atoms with van der Waals surface area (Å²) in [7, 11) is 0. The number of urea groups is 1. The molecule has 4 nitrogen and oxygen atoms in total. The molecule has 1 unspecified atom stereocenters. The Hall–Kier alpha value is -0.770. The first-order valence-electron chi connectivity index (χ1n) is 6.13. The van der Waals surface area contributed by atoms with Crippen LogP contribution in [-0.2, 0) is 0 Å².